The van der Waals surface area contributed by atoms with Crippen LogP contribution in [0, 0.1) is 6.92 Å². The van der Waals surface area contributed by atoms with E-state index in [0.717, 1.165) is 11.1 Å². The number of benzene rings is 1. The molecular formula is C16H17N3O2. The Balaban J connectivity index is 1.76. The van der Waals surface area contributed by atoms with Gasteiger partial charge in [0.2, 0.25) is 5.91 Å². The minimum atomic E-state index is -0.431. The van der Waals surface area contributed by atoms with Gasteiger partial charge in [0.25, 0.3) is 5.91 Å². The Kier molecular flexibility index (Phi) is 5.04. The Hall–Kier alpha value is -2.69. The maximum absolute atomic E-state index is 11.7. The highest BCUT2D eigenvalue weighted by Gasteiger charge is 2.08. The Bertz CT molecular complexity index is 626. The minimum absolute atomic E-state index is 0.235. The molecule has 5 heteroatoms. The Labute approximate surface area is 123 Å². The molecule has 0 bridgehead atoms. The summed E-state index contributed by atoms with van der Waals surface area (Å²) in [5.74, 6) is -0.666. The van der Waals surface area contributed by atoms with Gasteiger partial charge >= 0.3 is 0 Å². The summed E-state index contributed by atoms with van der Waals surface area (Å²) in [6.07, 6.45) is 2.47. The second-order valence-electron chi connectivity index (χ2n) is 4.71. The number of hydrogen-bond donors (Lipinski definition) is 2. The number of nitrogens with one attached hydrogen (secondary N) is 2. The SMILES string of the molecule is Cc1cccc(CCC(=O)NNC(=O)c2ccccn2)c1. The molecule has 5 nitrogen and oxygen atoms in total. The van der Waals surface area contributed by atoms with Crippen LogP contribution in [0.15, 0.2) is 48.7 Å². The molecule has 1 aromatic heterocycles. The van der Waals surface area contributed by atoms with E-state index in [0.29, 0.717) is 12.8 Å². The van der Waals surface area contributed by atoms with Crippen LogP contribution in [0.2, 0.25) is 0 Å². The third-order valence-electron chi connectivity index (χ3n) is 2.94. The third kappa shape index (κ3) is 4.72. The van der Waals surface area contributed by atoms with Crippen LogP contribution in [0.25, 0.3) is 0 Å². The van der Waals surface area contributed by atoms with Gasteiger partial charge in [-0.25, -0.2) is 0 Å². The molecule has 0 spiro atoms. The summed E-state index contributed by atoms with van der Waals surface area (Å²) < 4.78 is 0. The van der Waals surface area contributed by atoms with Crippen molar-refractivity contribution in [2.24, 2.45) is 0 Å². The molecule has 0 saturated heterocycles. The van der Waals surface area contributed by atoms with Gasteiger partial charge < -0.3 is 0 Å². The topological polar surface area (TPSA) is 71.1 Å². The highest BCUT2D eigenvalue weighted by Crippen LogP contribution is 2.06. The molecular weight excluding hydrogens is 266 g/mol. The molecule has 2 amide bonds. The molecule has 0 saturated carbocycles. The molecule has 0 aliphatic heterocycles. The van der Waals surface area contributed by atoms with Crippen LogP contribution in [0.1, 0.15) is 28.0 Å². The zero-order valence-electron chi connectivity index (χ0n) is 11.8. The smallest absolute Gasteiger partial charge is 0.273 e. The van der Waals surface area contributed by atoms with Crippen LogP contribution in [0.5, 0.6) is 0 Å². The van der Waals surface area contributed by atoms with E-state index in [1.807, 2.05) is 31.2 Å². The Morgan fingerprint density at radius 3 is 2.67 bits per heavy atom. The summed E-state index contributed by atoms with van der Waals surface area (Å²) in [4.78, 5) is 27.3. The monoisotopic (exact) mass is 283 g/mol. The van der Waals surface area contributed by atoms with Crippen molar-refractivity contribution in [3.8, 4) is 0 Å². The fourth-order valence-electron chi connectivity index (χ4n) is 1.88. The molecule has 0 atom stereocenters. The Morgan fingerprint density at radius 2 is 1.95 bits per heavy atom. The maximum atomic E-state index is 11.7. The van der Waals surface area contributed by atoms with Crippen LogP contribution in [0.4, 0.5) is 0 Å². The van der Waals surface area contributed by atoms with Gasteiger partial charge in [0.15, 0.2) is 0 Å². The second-order valence-corrected chi connectivity index (χ2v) is 4.71. The molecule has 1 aromatic carbocycles. The predicted octanol–water partition coefficient (Wildman–Crippen LogP) is 1.78. The first-order valence-electron chi connectivity index (χ1n) is 6.71. The highest BCUT2D eigenvalue weighted by atomic mass is 16.2. The average molecular weight is 283 g/mol. The summed E-state index contributed by atoms with van der Waals surface area (Å²) in [5.41, 5.74) is 7.25. The summed E-state index contributed by atoms with van der Waals surface area (Å²) >= 11 is 0. The van der Waals surface area contributed by atoms with Gasteiger partial charge in [-0.15, -0.1) is 0 Å². The van der Waals surface area contributed by atoms with Gasteiger partial charge in [0, 0.05) is 12.6 Å². The number of hydrogen-bond acceptors (Lipinski definition) is 3. The van der Waals surface area contributed by atoms with Crippen molar-refractivity contribution in [2.45, 2.75) is 19.8 Å². The zero-order valence-corrected chi connectivity index (χ0v) is 11.8. The van der Waals surface area contributed by atoms with Crippen LogP contribution < -0.4 is 10.9 Å². The number of carbonyl (C=O) groups is 2. The molecule has 2 rings (SSSR count). The van der Waals surface area contributed by atoms with Crippen molar-refractivity contribution in [3.63, 3.8) is 0 Å². The summed E-state index contributed by atoms with van der Waals surface area (Å²) in [7, 11) is 0. The lowest BCUT2D eigenvalue weighted by Crippen LogP contribution is -2.42. The van der Waals surface area contributed by atoms with E-state index in [1.165, 1.54) is 6.20 Å². The summed E-state index contributed by atoms with van der Waals surface area (Å²) in [6.45, 7) is 2.01. The molecule has 0 aliphatic carbocycles. The number of nitrogens with zero attached hydrogens (tertiary/aromatic N) is 1. The van der Waals surface area contributed by atoms with Crippen LogP contribution in [-0.4, -0.2) is 16.8 Å². The molecule has 0 aliphatic rings. The predicted molar refractivity (Wildman–Crippen MR) is 79.3 cm³/mol. The van der Waals surface area contributed by atoms with Crippen LogP contribution in [-0.2, 0) is 11.2 Å². The molecule has 108 valence electrons. The second kappa shape index (κ2) is 7.19. The fourth-order valence-corrected chi connectivity index (χ4v) is 1.88. The van der Waals surface area contributed by atoms with Gasteiger partial charge in [-0.1, -0.05) is 35.9 Å². The molecule has 2 N–H and O–H groups in total. The van der Waals surface area contributed by atoms with Gasteiger partial charge in [0.1, 0.15) is 5.69 Å². The highest BCUT2D eigenvalue weighted by molar-refractivity contribution is 5.93. The van der Waals surface area contributed by atoms with E-state index in [4.69, 9.17) is 0 Å². The average Bonchev–Trinajstić information content (AvgIpc) is 2.51. The van der Waals surface area contributed by atoms with Crippen molar-refractivity contribution in [1.29, 1.82) is 0 Å². The summed E-state index contributed by atoms with van der Waals surface area (Å²) in [5, 5.41) is 0. The fraction of sp³-hybridized carbons (Fsp3) is 0.188. The number of aryl methyl sites for hydroxylation is 2. The minimum Gasteiger partial charge on any atom is -0.273 e. The first kappa shape index (κ1) is 14.7. The van der Waals surface area contributed by atoms with Crippen molar-refractivity contribution in [3.05, 3.63) is 65.5 Å². The number of aromatic nitrogens is 1. The van der Waals surface area contributed by atoms with E-state index < -0.39 is 5.91 Å². The maximum Gasteiger partial charge on any atom is 0.288 e. The molecule has 0 radical (unpaired) electrons. The number of carbonyl (C=O) groups excluding carboxylic acids is 2. The van der Waals surface area contributed by atoms with E-state index in [2.05, 4.69) is 15.8 Å². The van der Waals surface area contributed by atoms with Crippen LogP contribution >= 0.6 is 0 Å². The van der Waals surface area contributed by atoms with E-state index in [9.17, 15) is 9.59 Å². The van der Waals surface area contributed by atoms with Crippen molar-refractivity contribution in [2.75, 3.05) is 0 Å². The number of pyridine rings is 1. The molecule has 0 unspecified atom stereocenters. The van der Waals surface area contributed by atoms with Crippen molar-refractivity contribution in [1.82, 2.24) is 15.8 Å². The first-order chi connectivity index (χ1) is 10.1. The lowest BCUT2D eigenvalue weighted by Gasteiger charge is -2.07. The molecule has 2 aromatic rings. The molecule has 0 fully saturated rings. The number of hydrazine groups is 1. The zero-order chi connectivity index (χ0) is 15.1. The van der Waals surface area contributed by atoms with Crippen LogP contribution in [0.3, 0.4) is 0 Å². The lowest BCUT2D eigenvalue weighted by atomic mass is 10.1. The van der Waals surface area contributed by atoms with E-state index in [1.54, 1.807) is 18.2 Å². The van der Waals surface area contributed by atoms with Crippen molar-refractivity contribution < 1.29 is 9.59 Å². The quantitative estimate of drug-likeness (QED) is 0.840. The summed E-state index contributed by atoms with van der Waals surface area (Å²) in [6, 6.07) is 13.0. The largest absolute Gasteiger partial charge is 0.288 e. The molecule has 1 heterocycles. The van der Waals surface area contributed by atoms with Gasteiger partial charge in [-0.2, -0.15) is 0 Å². The lowest BCUT2D eigenvalue weighted by molar-refractivity contribution is -0.121. The molecule has 21 heavy (non-hydrogen) atoms. The van der Waals surface area contributed by atoms with Gasteiger partial charge in [0.05, 0.1) is 0 Å². The van der Waals surface area contributed by atoms with Gasteiger partial charge in [-0.3, -0.25) is 25.4 Å². The third-order valence-corrected chi connectivity index (χ3v) is 2.94. The first-order valence-corrected chi connectivity index (χ1v) is 6.71. The number of rotatable bonds is 4. The number of amides is 2. The van der Waals surface area contributed by atoms with Crippen molar-refractivity contribution >= 4 is 11.8 Å². The Morgan fingerprint density at radius 1 is 1.10 bits per heavy atom. The van der Waals surface area contributed by atoms with Gasteiger partial charge in [-0.05, 0) is 31.0 Å². The standard InChI is InChI=1S/C16H17N3O2/c1-12-5-4-6-13(11-12)8-9-15(20)18-19-16(21)14-7-2-3-10-17-14/h2-7,10-11H,8-9H2,1H3,(H,18,20)(H,19,21). The van der Waals surface area contributed by atoms with E-state index in [-0.39, 0.29) is 11.6 Å². The normalized spacial score (nSPS) is 9.95. The van der Waals surface area contributed by atoms with E-state index >= 15 is 0 Å².